The summed E-state index contributed by atoms with van der Waals surface area (Å²) in [6.45, 7) is 0.455. The number of ether oxygens (including phenoxy) is 2. The summed E-state index contributed by atoms with van der Waals surface area (Å²) in [7, 11) is 1.54. The molecule has 5 nitrogen and oxygen atoms in total. The van der Waals surface area contributed by atoms with Crippen LogP contribution in [-0.2, 0) is 17.6 Å². The first-order chi connectivity index (χ1) is 21.0. The predicted octanol–water partition coefficient (Wildman–Crippen LogP) is 7.24. The highest BCUT2D eigenvalue weighted by atomic mass is 19.1. The largest absolute Gasteiger partial charge is 0.497 e. The number of nitrogens with zero attached hydrogens (tertiary/aromatic N) is 1. The van der Waals surface area contributed by atoms with Crippen molar-refractivity contribution >= 4 is 12.1 Å². The lowest BCUT2D eigenvalue weighted by Gasteiger charge is -2.33. The minimum absolute atomic E-state index is 0.125. The van der Waals surface area contributed by atoms with E-state index in [1.807, 2.05) is 42.6 Å². The molecule has 4 aromatic carbocycles. The van der Waals surface area contributed by atoms with Crippen LogP contribution in [0.3, 0.4) is 0 Å². The average molecular weight is 577 g/mol. The zero-order chi connectivity index (χ0) is 30.1. The number of carbonyl (C=O) groups is 1. The van der Waals surface area contributed by atoms with Gasteiger partial charge >= 0.3 is 0 Å². The lowest BCUT2D eigenvalue weighted by Crippen LogP contribution is -2.32. The molecule has 43 heavy (non-hydrogen) atoms. The first kappa shape index (κ1) is 29.8. The number of hydrogen-bond donors (Lipinski definition) is 1. The van der Waals surface area contributed by atoms with Gasteiger partial charge in [0.05, 0.1) is 25.7 Å². The Morgan fingerprint density at radius 3 is 2.28 bits per heavy atom. The van der Waals surface area contributed by atoms with Crippen LogP contribution in [0.4, 0.5) is 4.39 Å². The Morgan fingerprint density at radius 2 is 1.63 bits per heavy atom. The molecule has 0 radical (unpaired) electrons. The Hall–Kier alpha value is -4.71. The summed E-state index contributed by atoms with van der Waals surface area (Å²) < 4.78 is 26.6. The molecule has 2 N–H and O–H groups in total. The van der Waals surface area contributed by atoms with E-state index in [-0.39, 0.29) is 24.1 Å². The first-order valence-electron chi connectivity index (χ1n) is 14.6. The maximum Gasteiger partial charge on any atom is 0.221 e. The first-order valence-corrected chi connectivity index (χ1v) is 14.6. The monoisotopic (exact) mass is 576 g/mol. The SMILES string of the molecule is COc1ccc(CC2(CCCOc3cccc(CC(N)=O)c3)N=CC=C2CC(c2ccccc2)c2ccccc2)c(F)c1. The van der Waals surface area contributed by atoms with E-state index in [0.29, 0.717) is 42.9 Å². The molecule has 1 atom stereocenters. The van der Waals surface area contributed by atoms with Crippen molar-refractivity contribution < 1.29 is 18.7 Å². The molecule has 1 unspecified atom stereocenters. The summed E-state index contributed by atoms with van der Waals surface area (Å²) in [5, 5.41) is 0. The Balaban J connectivity index is 1.39. The summed E-state index contributed by atoms with van der Waals surface area (Å²) in [4.78, 5) is 16.4. The van der Waals surface area contributed by atoms with Gasteiger partial charge in [-0.3, -0.25) is 9.79 Å². The zero-order valence-electron chi connectivity index (χ0n) is 24.4. The van der Waals surface area contributed by atoms with Crippen LogP contribution < -0.4 is 15.2 Å². The average Bonchev–Trinajstić information content (AvgIpc) is 3.41. The van der Waals surface area contributed by atoms with E-state index in [1.54, 1.807) is 12.1 Å². The molecule has 0 saturated heterocycles. The van der Waals surface area contributed by atoms with Crippen molar-refractivity contribution in [3.8, 4) is 11.5 Å². The van der Waals surface area contributed by atoms with Gasteiger partial charge in [-0.2, -0.15) is 0 Å². The number of carbonyl (C=O) groups excluding carboxylic acids is 1. The Labute approximate surface area is 252 Å². The number of nitrogens with two attached hydrogens (primary N) is 1. The molecule has 1 aliphatic heterocycles. The van der Waals surface area contributed by atoms with Crippen molar-refractivity contribution in [2.24, 2.45) is 10.7 Å². The predicted molar refractivity (Wildman–Crippen MR) is 169 cm³/mol. The highest BCUT2D eigenvalue weighted by Gasteiger charge is 2.38. The van der Waals surface area contributed by atoms with Crippen LogP contribution in [0.15, 0.2) is 120 Å². The Morgan fingerprint density at radius 1 is 0.907 bits per heavy atom. The van der Waals surface area contributed by atoms with E-state index in [9.17, 15) is 4.79 Å². The highest BCUT2D eigenvalue weighted by Crippen LogP contribution is 2.42. The van der Waals surface area contributed by atoms with Gasteiger partial charge in [-0.05, 0) is 71.4 Å². The van der Waals surface area contributed by atoms with Gasteiger partial charge in [0.1, 0.15) is 17.3 Å². The number of amides is 1. The van der Waals surface area contributed by atoms with Crippen molar-refractivity contribution in [2.45, 2.75) is 43.6 Å². The summed E-state index contributed by atoms with van der Waals surface area (Å²) in [5.41, 5.74) is 9.78. The minimum atomic E-state index is -0.617. The molecule has 5 rings (SSSR count). The fourth-order valence-electron chi connectivity index (χ4n) is 5.87. The lowest BCUT2D eigenvalue weighted by atomic mass is 9.75. The molecule has 0 spiro atoms. The van der Waals surface area contributed by atoms with Gasteiger partial charge in [0.15, 0.2) is 0 Å². The fourth-order valence-corrected chi connectivity index (χ4v) is 5.87. The second kappa shape index (κ2) is 14.0. The maximum absolute atomic E-state index is 15.3. The van der Waals surface area contributed by atoms with Crippen LogP contribution in [0.25, 0.3) is 0 Å². The second-order valence-corrected chi connectivity index (χ2v) is 11.0. The number of aliphatic imine (C=N–C) groups is 1. The number of methoxy groups -OCH3 is 1. The molecular formula is C37H37FN2O3. The van der Waals surface area contributed by atoms with Gasteiger partial charge in [0.25, 0.3) is 0 Å². The van der Waals surface area contributed by atoms with Gasteiger partial charge in [0.2, 0.25) is 5.91 Å². The molecule has 1 heterocycles. The van der Waals surface area contributed by atoms with Crippen LogP contribution in [0.1, 0.15) is 47.4 Å². The third-order valence-electron chi connectivity index (χ3n) is 8.05. The molecule has 6 heteroatoms. The third kappa shape index (κ3) is 7.58. The summed E-state index contributed by atoms with van der Waals surface area (Å²) in [5.74, 6) is 0.617. The smallest absolute Gasteiger partial charge is 0.221 e. The summed E-state index contributed by atoms with van der Waals surface area (Å²) >= 11 is 0. The molecular weight excluding hydrogens is 539 g/mol. The Kier molecular flexibility index (Phi) is 9.67. The maximum atomic E-state index is 15.3. The third-order valence-corrected chi connectivity index (χ3v) is 8.05. The molecule has 0 fully saturated rings. The van der Waals surface area contributed by atoms with E-state index >= 15 is 4.39 Å². The van der Waals surface area contributed by atoms with Crippen molar-refractivity contribution in [1.82, 2.24) is 0 Å². The van der Waals surface area contributed by atoms with Crippen molar-refractivity contribution in [1.29, 1.82) is 0 Å². The number of hydrogen-bond acceptors (Lipinski definition) is 4. The van der Waals surface area contributed by atoms with Gasteiger partial charge < -0.3 is 15.2 Å². The molecule has 0 aliphatic carbocycles. The van der Waals surface area contributed by atoms with Crippen LogP contribution in [0.2, 0.25) is 0 Å². The van der Waals surface area contributed by atoms with E-state index < -0.39 is 5.54 Å². The van der Waals surface area contributed by atoms with Crippen LogP contribution in [0.5, 0.6) is 11.5 Å². The molecule has 0 bridgehead atoms. The molecule has 4 aromatic rings. The van der Waals surface area contributed by atoms with E-state index in [4.69, 9.17) is 20.2 Å². The molecule has 1 amide bonds. The fraction of sp³-hybridized carbons (Fsp3) is 0.243. The van der Waals surface area contributed by atoms with Gasteiger partial charge in [-0.1, -0.05) is 78.9 Å². The molecule has 0 saturated carbocycles. The van der Waals surface area contributed by atoms with Crippen molar-refractivity contribution in [2.75, 3.05) is 13.7 Å². The lowest BCUT2D eigenvalue weighted by molar-refractivity contribution is -0.117. The van der Waals surface area contributed by atoms with E-state index in [2.05, 4.69) is 54.6 Å². The minimum Gasteiger partial charge on any atom is -0.497 e. The Bertz CT molecular complexity index is 1550. The number of rotatable bonds is 14. The molecule has 220 valence electrons. The van der Waals surface area contributed by atoms with E-state index in [1.165, 1.54) is 29.9 Å². The normalized spacial score (nSPS) is 15.8. The number of allylic oxidation sites excluding steroid dienone is 1. The molecule has 0 aromatic heterocycles. The number of halogens is 1. The topological polar surface area (TPSA) is 73.9 Å². The van der Waals surface area contributed by atoms with Gasteiger partial charge in [-0.25, -0.2) is 4.39 Å². The summed E-state index contributed by atoms with van der Waals surface area (Å²) in [6.07, 6.45) is 6.70. The molecule has 1 aliphatic rings. The number of primary amides is 1. The van der Waals surface area contributed by atoms with Crippen LogP contribution >= 0.6 is 0 Å². The van der Waals surface area contributed by atoms with Crippen molar-refractivity contribution in [3.05, 3.63) is 143 Å². The van der Waals surface area contributed by atoms with Crippen molar-refractivity contribution in [3.63, 3.8) is 0 Å². The highest BCUT2D eigenvalue weighted by molar-refractivity contribution is 5.78. The standard InChI is InChI=1S/C37H37FN2O3/c1-42-32-17-16-30(35(38)25-32)26-37(19-9-21-43-33-15-8-10-27(22-33)23-36(39)41)31(18-20-40-37)24-34(28-11-4-2-5-12-28)29-13-6-3-7-14-29/h2-8,10-18,20,22,25,34H,9,19,21,23-24,26H2,1H3,(H2,39,41). The summed E-state index contributed by atoms with van der Waals surface area (Å²) in [6, 6.07) is 33.5. The van der Waals surface area contributed by atoms with Crippen LogP contribution in [-0.4, -0.2) is 31.4 Å². The second-order valence-electron chi connectivity index (χ2n) is 11.0. The zero-order valence-corrected chi connectivity index (χ0v) is 24.4. The van der Waals surface area contributed by atoms with Gasteiger partial charge in [-0.15, -0.1) is 0 Å². The number of benzene rings is 4. The van der Waals surface area contributed by atoms with Gasteiger partial charge in [0, 0.05) is 24.6 Å². The quantitative estimate of drug-likeness (QED) is 0.161. The van der Waals surface area contributed by atoms with E-state index in [0.717, 1.165) is 12.0 Å². The van der Waals surface area contributed by atoms with Crippen LogP contribution in [0, 0.1) is 5.82 Å².